The quantitative estimate of drug-likeness (QED) is 0.659. The van der Waals surface area contributed by atoms with Crippen LogP contribution in [0.3, 0.4) is 0 Å². The van der Waals surface area contributed by atoms with Gasteiger partial charge in [0.25, 0.3) is 0 Å². The van der Waals surface area contributed by atoms with E-state index < -0.39 is 0 Å². The van der Waals surface area contributed by atoms with E-state index in [4.69, 9.17) is 4.74 Å². The molecule has 0 saturated carbocycles. The molecule has 15 heavy (non-hydrogen) atoms. The fourth-order valence-electron chi connectivity index (χ4n) is 1.24. The Bertz CT molecular complexity index is 283. The zero-order valence-electron chi connectivity index (χ0n) is 9.28. The highest BCUT2D eigenvalue weighted by Gasteiger charge is 1.95. The molecule has 0 aromatic carbocycles. The Morgan fingerprint density at radius 2 is 2.53 bits per heavy atom. The molecule has 4 nitrogen and oxygen atoms in total. The van der Waals surface area contributed by atoms with Gasteiger partial charge in [-0.15, -0.1) is 0 Å². The monoisotopic (exact) mass is 209 g/mol. The summed E-state index contributed by atoms with van der Waals surface area (Å²) in [6, 6.07) is 0. The van der Waals surface area contributed by atoms with Gasteiger partial charge in [0.15, 0.2) is 0 Å². The van der Waals surface area contributed by atoms with Crippen molar-refractivity contribution in [3.63, 3.8) is 0 Å². The van der Waals surface area contributed by atoms with E-state index in [1.54, 1.807) is 10.9 Å². The summed E-state index contributed by atoms with van der Waals surface area (Å²) in [5.41, 5.74) is 1.17. The molecule has 0 aliphatic rings. The molecule has 1 N–H and O–H groups in total. The average molecular weight is 209 g/mol. The molecule has 4 heteroatoms. The lowest BCUT2D eigenvalue weighted by atomic mass is 10.3. The van der Waals surface area contributed by atoms with Crippen LogP contribution in [0.15, 0.2) is 19.0 Å². The Morgan fingerprint density at radius 3 is 3.20 bits per heavy atom. The Labute approximate surface area is 90.9 Å². The van der Waals surface area contributed by atoms with Crippen LogP contribution < -0.4 is 5.32 Å². The van der Waals surface area contributed by atoms with Gasteiger partial charge >= 0.3 is 0 Å². The second-order valence-corrected chi connectivity index (χ2v) is 3.24. The molecule has 84 valence electrons. The zero-order chi connectivity index (χ0) is 10.9. The van der Waals surface area contributed by atoms with Crippen LogP contribution in [0.1, 0.15) is 18.9 Å². The fraction of sp³-hybridized carbons (Fsp3) is 0.545. The molecule has 0 unspecified atom stereocenters. The lowest BCUT2D eigenvalue weighted by Crippen LogP contribution is -2.16. The number of nitrogens with one attached hydrogen (secondary N) is 1. The first kappa shape index (κ1) is 11.9. The molecule has 0 amide bonds. The van der Waals surface area contributed by atoms with Crippen LogP contribution >= 0.6 is 0 Å². The van der Waals surface area contributed by atoms with Gasteiger partial charge in [-0.05, 0) is 19.9 Å². The van der Waals surface area contributed by atoms with Crippen molar-refractivity contribution >= 4 is 6.20 Å². The molecule has 0 radical (unpaired) electrons. The van der Waals surface area contributed by atoms with Gasteiger partial charge < -0.3 is 10.1 Å². The van der Waals surface area contributed by atoms with E-state index >= 15 is 0 Å². The largest absolute Gasteiger partial charge is 0.382 e. The van der Waals surface area contributed by atoms with Gasteiger partial charge in [0, 0.05) is 37.7 Å². The van der Waals surface area contributed by atoms with Gasteiger partial charge in [0.2, 0.25) is 0 Å². The molecule has 0 fully saturated rings. The summed E-state index contributed by atoms with van der Waals surface area (Å²) in [4.78, 5) is 0. The molecular weight excluding hydrogens is 190 g/mol. The van der Waals surface area contributed by atoms with E-state index in [1.165, 1.54) is 5.56 Å². The highest BCUT2D eigenvalue weighted by Crippen LogP contribution is 1.96. The van der Waals surface area contributed by atoms with Gasteiger partial charge in [-0.1, -0.05) is 6.58 Å². The van der Waals surface area contributed by atoms with E-state index in [2.05, 4.69) is 17.0 Å². The van der Waals surface area contributed by atoms with Crippen molar-refractivity contribution in [1.82, 2.24) is 15.1 Å². The minimum atomic E-state index is 0.798. The van der Waals surface area contributed by atoms with Gasteiger partial charge in [0.1, 0.15) is 0 Å². The highest BCUT2D eigenvalue weighted by atomic mass is 16.5. The smallest absolute Gasteiger partial charge is 0.0538 e. The molecule has 1 aromatic rings. The predicted molar refractivity (Wildman–Crippen MR) is 61.4 cm³/mol. The van der Waals surface area contributed by atoms with Gasteiger partial charge in [-0.2, -0.15) is 5.10 Å². The summed E-state index contributed by atoms with van der Waals surface area (Å²) < 4.78 is 6.94. The van der Waals surface area contributed by atoms with Crippen LogP contribution in [-0.4, -0.2) is 29.5 Å². The van der Waals surface area contributed by atoms with Crippen LogP contribution in [0, 0.1) is 0 Å². The first-order valence-electron chi connectivity index (χ1n) is 5.31. The van der Waals surface area contributed by atoms with Crippen molar-refractivity contribution in [1.29, 1.82) is 0 Å². The second kappa shape index (κ2) is 7.20. The van der Waals surface area contributed by atoms with Crippen molar-refractivity contribution in [2.24, 2.45) is 0 Å². The summed E-state index contributed by atoms with van der Waals surface area (Å²) in [6.07, 6.45) is 6.53. The molecule has 1 aromatic heterocycles. The Kier molecular flexibility index (Phi) is 5.73. The van der Waals surface area contributed by atoms with Crippen LogP contribution in [0.25, 0.3) is 6.20 Å². The van der Waals surface area contributed by atoms with Crippen molar-refractivity contribution < 1.29 is 4.74 Å². The Hall–Kier alpha value is -1.13. The van der Waals surface area contributed by atoms with Crippen LogP contribution in [-0.2, 0) is 11.3 Å². The first-order valence-corrected chi connectivity index (χ1v) is 5.31. The molecule has 1 heterocycles. The standard InChI is InChI=1S/C11H19N3O/c1-3-14-10-11(9-13-14)8-12-6-5-7-15-4-2/h3,9-10,12H,1,4-8H2,2H3. The molecule has 0 spiro atoms. The number of aromatic nitrogens is 2. The lowest BCUT2D eigenvalue weighted by molar-refractivity contribution is 0.144. The van der Waals surface area contributed by atoms with Gasteiger partial charge in [-0.3, -0.25) is 0 Å². The minimum Gasteiger partial charge on any atom is -0.382 e. The maximum atomic E-state index is 5.24. The highest BCUT2D eigenvalue weighted by molar-refractivity contribution is 5.17. The van der Waals surface area contributed by atoms with Gasteiger partial charge in [-0.25, -0.2) is 4.68 Å². The third-order valence-electron chi connectivity index (χ3n) is 2.02. The summed E-state index contributed by atoms with van der Waals surface area (Å²) >= 11 is 0. The normalized spacial score (nSPS) is 10.5. The lowest BCUT2D eigenvalue weighted by Gasteiger charge is -2.02. The van der Waals surface area contributed by atoms with E-state index in [1.807, 2.05) is 19.3 Å². The molecule has 0 atom stereocenters. The average Bonchev–Trinajstić information content (AvgIpc) is 2.71. The summed E-state index contributed by atoms with van der Waals surface area (Å²) in [7, 11) is 0. The molecule has 1 rings (SSSR count). The van der Waals surface area contributed by atoms with E-state index in [9.17, 15) is 0 Å². The third-order valence-corrected chi connectivity index (χ3v) is 2.02. The molecule has 0 aliphatic heterocycles. The minimum absolute atomic E-state index is 0.798. The topological polar surface area (TPSA) is 39.1 Å². The third kappa shape index (κ3) is 4.76. The molecule has 0 saturated heterocycles. The number of rotatable bonds is 8. The van der Waals surface area contributed by atoms with E-state index in [0.717, 1.165) is 32.7 Å². The van der Waals surface area contributed by atoms with Crippen LogP contribution in [0.5, 0.6) is 0 Å². The van der Waals surface area contributed by atoms with E-state index in [-0.39, 0.29) is 0 Å². The first-order chi connectivity index (χ1) is 7.36. The summed E-state index contributed by atoms with van der Waals surface area (Å²) in [5, 5.41) is 7.43. The van der Waals surface area contributed by atoms with Crippen LogP contribution in [0.2, 0.25) is 0 Å². The molecular formula is C11H19N3O. The van der Waals surface area contributed by atoms with Crippen molar-refractivity contribution in [3.8, 4) is 0 Å². The SMILES string of the molecule is C=Cn1cc(CNCCCOCC)cn1. The van der Waals surface area contributed by atoms with E-state index in [0.29, 0.717) is 0 Å². The Morgan fingerprint density at radius 1 is 1.67 bits per heavy atom. The van der Waals surface area contributed by atoms with Crippen LogP contribution in [0.4, 0.5) is 0 Å². The summed E-state index contributed by atoms with van der Waals surface area (Å²) in [6.45, 7) is 9.09. The maximum Gasteiger partial charge on any atom is 0.0538 e. The van der Waals surface area contributed by atoms with Gasteiger partial charge in [0.05, 0.1) is 6.20 Å². The molecule has 0 bridgehead atoms. The van der Waals surface area contributed by atoms with Crippen molar-refractivity contribution in [3.05, 3.63) is 24.5 Å². The fourth-order valence-corrected chi connectivity index (χ4v) is 1.24. The molecule has 0 aliphatic carbocycles. The van der Waals surface area contributed by atoms with Crippen molar-refractivity contribution in [2.45, 2.75) is 19.9 Å². The van der Waals surface area contributed by atoms with Crippen molar-refractivity contribution in [2.75, 3.05) is 19.8 Å². The number of hydrogen-bond donors (Lipinski definition) is 1. The second-order valence-electron chi connectivity index (χ2n) is 3.24. The zero-order valence-corrected chi connectivity index (χ0v) is 9.28. The summed E-state index contributed by atoms with van der Waals surface area (Å²) in [5.74, 6) is 0. The number of ether oxygens (including phenoxy) is 1. The number of hydrogen-bond acceptors (Lipinski definition) is 3. The Balaban J connectivity index is 2.07. The number of nitrogens with zero attached hydrogens (tertiary/aromatic N) is 2. The maximum absolute atomic E-state index is 5.24. The predicted octanol–water partition coefficient (Wildman–Crippen LogP) is 1.50.